The first kappa shape index (κ1) is 11.0. The fourth-order valence-corrected chi connectivity index (χ4v) is 1.81. The van der Waals surface area contributed by atoms with Crippen LogP contribution in [0.25, 0.3) is 0 Å². The summed E-state index contributed by atoms with van der Waals surface area (Å²) in [5, 5.41) is 6.35. The third-order valence-corrected chi connectivity index (χ3v) is 2.86. The van der Waals surface area contributed by atoms with Crippen molar-refractivity contribution in [2.24, 2.45) is 5.41 Å². The zero-order chi connectivity index (χ0) is 11.9. The van der Waals surface area contributed by atoms with Crippen molar-refractivity contribution in [3.05, 3.63) is 29.3 Å². The second-order valence-corrected chi connectivity index (χ2v) is 5.47. The summed E-state index contributed by atoms with van der Waals surface area (Å²) in [5.74, 6) is 0.0115. The smallest absolute Gasteiger partial charge is 0.254 e. The molecule has 0 aromatic heterocycles. The van der Waals surface area contributed by atoms with Gasteiger partial charge in [0.15, 0.2) is 0 Å². The van der Waals surface area contributed by atoms with E-state index in [1.165, 1.54) is 0 Å². The predicted octanol–water partition coefficient (Wildman–Crippen LogP) is 2.52. The maximum atomic E-state index is 11.9. The van der Waals surface area contributed by atoms with E-state index in [0.717, 1.165) is 16.8 Å². The number of rotatable bonds is 0. The molecule has 1 aromatic carbocycles. The number of hydrogen-bond donors (Lipinski definition) is 2. The summed E-state index contributed by atoms with van der Waals surface area (Å²) in [7, 11) is 0. The number of nitrogens with one attached hydrogen (secondary N) is 2. The molecule has 1 unspecified atom stereocenters. The van der Waals surface area contributed by atoms with E-state index in [4.69, 9.17) is 0 Å². The zero-order valence-electron chi connectivity index (χ0n) is 10.2. The molecule has 16 heavy (non-hydrogen) atoms. The van der Waals surface area contributed by atoms with Gasteiger partial charge in [-0.2, -0.15) is 0 Å². The first-order chi connectivity index (χ1) is 7.38. The average Bonchev–Trinajstić information content (AvgIpc) is 2.17. The Hall–Kier alpha value is -1.51. The lowest BCUT2D eigenvalue weighted by atomic mass is 9.90. The van der Waals surface area contributed by atoms with Crippen LogP contribution >= 0.6 is 0 Å². The summed E-state index contributed by atoms with van der Waals surface area (Å²) in [5.41, 5.74) is 2.76. The number of anilines is 1. The van der Waals surface area contributed by atoms with Crippen LogP contribution < -0.4 is 10.6 Å². The molecular weight excluding hydrogens is 200 g/mol. The van der Waals surface area contributed by atoms with Gasteiger partial charge in [0, 0.05) is 11.1 Å². The van der Waals surface area contributed by atoms with Gasteiger partial charge in [-0.05, 0) is 19.1 Å². The van der Waals surface area contributed by atoms with Crippen LogP contribution in [0.3, 0.4) is 0 Å². The molecule has 2 N–H and O–H groups in total. The summed E-state index contributed by atoms with van der Waals surface area (Å²) in [6, 6.07) is 5.91. The molecule has 86 valence electrons. The van der Waals surface area contributed by atoms with Crippen molar-refractivity contribution >= 4 is 11.6 Å². The fourth-order valence-electron chi connectivity index (χ4n) is 1.81. The summed E-state index contributed by atoms with van der Waals surface area (Å²) >= 11 is 0. The maximum Gasteiger partial charge on any atom is 0.254 e. The number of hydrogen-bond acceptors (Lipinski definition) is 2. The molecule has 3 heteroatoms. The van der Waals surface area contributed by atoms with Crippen molar-refractivity contribution < 1.29 is 4.79 Å². The van der Waals surface area contributed by atoms with Crippen LogP contribution in [-0.2, 0) is 0 Å². The number of amides is 1. The maximum absolute atomic E-state index is 11.9. The highest BCUT2D eigenvalue weighted by atomic mass is 16.2. The van der Waals surface area contributed by atoms with Crippen LogP contribution in [0.1, 0.15) is 36.7 Å². The predicted molar refractivity (Wildman–Crippen MR) is 65.5 cm³/mol. The van der Waals surface area contributed by atoms with Gasteiger partial charge >= 0.3 is 0 Å². The second-order valence-electron chi connectivity index (χ2n) is 5.47. The van der Waals surface area contributed by atoms with Gasteiger partial charge in [-0.15, -0.1) is 0 Å². The molecule has 0 saturated carbocycles. The van der Waals surface area contributed by atoms with Crippen LogP contribution in [0.2, 0.25) is 0 Å². The second kappa shape index (κ2) is 3.51. The Morgan fingerprint density at radius 2 is 1.88 bits per heavy atom. The molecule has 1 atom stereocenters. The third kappa shape index (κ3) is 1.90. The molecule has 0 radical (unpaired) electrons. The first-order valence-corrected chi connectivity index (χ1v) is 5.56. The van der Waals surface area contributed by atoms with Crippen molar-refractivity contribution in [1.29, 1.82) is 0 Å². The number of benzene rings is 1. The summed E-state index contributed by atoms with van der Waals surface area (Å²) < 4.78 is 0. The fraction of sp³-hybridized carbons (Fsp3) is 0.462. The van der Waals surface area contributed by atoms with Crippen molar-refractivity contribution in [3.8, 4) is 0 Å². The molecule has 0 aliphatic carbocycles. The average molecular weight is 218 g/mol. The third-order valence-electron chi connectivity index (χ3n) is 2.86. The van der Waals surface area contributed by atoms with Crippen LogP contribution in [0.4, 0.5) is 5.69 Å². The Morgan fingerprint density at radius 3 is 2.50 bits per heavy atom. The minimum atomic E-state index is -0.0183. The molecule has 0 spiro atoms. The lowest BCUT2D eigenvalue weighted by Gasteiger charge is -2.36. The molecule has 1 aromatic rings. The highest BCUT2D eigenvalue weighted by Gasteiger charge is 2.31. The molecule has 1 aliphatic rings. The van der Waals surface area contributed by atoms with Crippen LogP contribution in [0, 0.1) is 12.3 Å². The molecule has 0 fully saturated rings. The highest BCUT2D eigenvalue weighted by molar-refractivity contribution is 6.01. The van der Waals surface area contributed by atoms with Gasteiger partial charge in [0.1, 0.15) is 6.17 Å². The van der Waals surface area contributed by atoms with E-state index in [1.807, 2.05) is 25.1 Å². The lowest BCUT2D eigenvalue weighted by Crippen LogP contribution is -2.52. The van der Waals surface area contributed by atoms with Crippen molar-refractivity contribution in [2.75, 3.05) is 5.32 Å². The van der Waals surface area contributed by atoms with Gasteiger partial charge in [-0.25, -0.2) is 0 Å². The van der Waals surface area contributed by atoms with E-state index in [1.54, 1.807) is 0 Å². The summed E-state index contributed by atoms with van der Waals surface area (Å²) in [6.45, 7) is 8.29. The van der Waals surface area contributed by atoms with Gasteiger partial charge in [0.2, 0.25) is 0 Å². The Bertz CT molecular complexity index is 432. The number of carbonyl (C=O) groups excluding carboxylic acids is 1. The Balaban J connectivity index is 2.38. The van der Waals surface area contributed by atoms with E-state index >= 15 is 0 Å². The molecule has 1 aliphatic heterocycles. The van der Waals surface area contributed by atoms with E-state index in [2.05, 4.69) is 31.4 Å². The Morgan fingerprint density at radius 1 is 1.19 bits per heavy atom. The van der Waals surface area contributed by atoms with Crippen LogP contribution in [0.15, 0.2) is 18.2 Å². The number of aryl methyl sites for hydroxylation is 1. The zero-order valence-corrected chi connectivity index (χ0v) is 10.2. The molecule has 1 heterocycles. The number of carbonyl (C=O) groups is 1. The van der Waals surface area contributed by atoms with Gasteiger partial charge in [-0.1, -0.05) is 32.4 Å². The van der Waals surface area contributed by atoms with Crippen molar-refractivity contribution in [2.45, 2.75) is 33.9 Å². The minimum absolute atomic E-state index is 0.00175. The van der Waals surface area contributed by atoms with E-state index in [-0.39, 0.29) is 17.5 Å². The lowest BCUT2D eigenvalue weighted by molar-refractivity contribution is 0.0904. The van der Waals surface area contributed by atoms with Crippen molar-refractivity contribution in [1.82, 2.24) is 5.32 Å². The van der Waals surface area contributed by atoms with Gasteiger partial charge in [0.25, 0.3) is 5.91 Å². The topological polar surface area (TPSA) is 41.1 Å². The summed E-state index contributed by atoms with van der Waals surface area (Å²) in [6.07, 6.45) is -0.0183. The molecular formula is C13H18N2O. The Kier molecular flexibility index (Phi) is 2.41. The van der Waals surface area contributed by atoms with Crippen molar-refractivity contribution in [3.63, 3.8) is 0 Å². The van der Waals surface area contributed by atoms with E-state index in [0.29, 0.717) is 0 Å². The first-order valence-electron chi connectivity index (χ1n) is 5.56. The molecule has 0 saturated heterocycles. The SMILES string of the molecule is Cc1ccc2c(c1)C(=O)NC(C(C)(C)C)N2. The highest BCUT2D eigenvalue weighted by Crippen LogP contribution is 2.28. The Labute approximate surface area is 96.2 Å². The quantitative estimate of drug-likeness (QED) is 0.702. The molecule has 0 bridgehead atoms. The van der Waals surface area contributed by atoms with Gasteiger partial charge in [0.05, 0.1) is 5.56 Å². The largest absolute Gasteiger partial charge is 0.364 e. The molecule has 2 rings (SSSR count). The monoisotopic (exact) mass is 218 g/mol. The van der Waals surface area contributed by atoms with Crippen LogP contribution in [0.5, 0.6) is 0 Å². The van der Waals surface area contributed by atoms with E-state index in [9.17, 15) is 4.79 Å². The molecule has 3 nitrogen and oxygen atoms in total. The minimum Gasteiger partial charge on any atom is -0.364 e. The van der Waals surface area contributed by atoms with Gasteiger partial charge in [-0.3, -0.25) is 4.79 Å². The molecule has 1 amide bonds. The summed E-state index contributed by atoms with van der Waals surface area (Å²) in [4.78, 5) is 11.9. The van der Waals surface area contributed by atoms with Crippen LogP contribution in [-0.4, -0.2) is 12.1 Å². The normalized spacial score (nSPS) is 19.8. The number of fused-ring (bicyclic) bond motifs is 1. The standard InChI is InChI=1S/C13H18N2O/c1-8-5-6-10-9(7-8)11(16)15-12(14-10)13(2,3)4/h5-7,12,14H,1-4H3,(H,15,16). The van der Waals surface area contributed by atoms with Gasteiger partial charge < -0.3 is 10.6 Å². The van der Waals surface area contributed by atoms with E-state index < -0.39 is 0 Å².